The third-order valence-corrected chi connectivity index (χ3v) is 22.2. The fraction of sp³-hybridized carbons (Fsp3) is 0.826. The molecule has 3 heterocycles. The van der Waals surface area contributed by atoms with Crippen LogP contribution in [0.5, 0.6) is 0 Å². The predicted octanol–water partition coefficient (Wildman–Crippen LogP) is 5.17. The number of amides is 12. The van der Waals surface area contributed by atoms with Crippen LogP contribution < -0.4 is 16.0 Å². The molecule has 3 N–H and O–H groups in total. The Kier molecular flexibility index (Phi) is 28.9. The molecule has 1 spiro atoms. The Balaban J connectivity index is 1.40. The SMILES string of the molecule is CC[C@H](C)[C@@H]1NC(=O)[C@H](CC(C)C)N(C)C(=O)C[C@@H](C(=O)N2CCCCC2)N(C)C(=O)[C@H](C(C)C)N(C)C(=O)C2(CCCC2)NC(=O)[C@@H]2CCCN2C(=O)[C@H](CCC2CCC(C(F)(F)F)C(Cl)C2)NC(=O)CN(C)C(=O)[C@H](CC2CCCC2)N(C)C(=O)CN(C)C(=O)CN(C)C1=O. The lowest BCUT2D eigenvalue weighted by Gasteiger charge is -2.42. The van der Waals surface area contributed by atoms with Crippen LogP contribution in [-0.4, -0.2) is 263 Å². The van der Waals surface area contributed by atoms with Gasteiger partial charge in [0.1, 0.15) is 47.8 Å². The van der Waals surface area contributed by atoms with Crippen molar-refractivity contribution in [2.24, 2.45) is 35.5 Å². The molecule has 0 aromatic carbocycles. The molecule has 3 saturated heterocycles. The number of alkyl halides is 4. The molecule has 3 unspecified atom stereocenters. The molecule has 11 atom stereocenters. The number of halogens is 4. The van der Waals surface area contributed by atoms with E-state index in [4.69, 9.17) is 11.6 Å². The first kappa shape index (κ1) is 79.7. The van der Waals surface area contributed by atoms with Crippen molar-refractivity contribution in [3.05, 3.63) is 0 Å². The van der Waals surface area contributed by atoms with Crippen molar-refractivity contribution in [1.82, 2.24) is 60.0 Å². The van der Waals surface area contributed by atoms with Gasteiger partial charge in [-0.05, 0) is 119 Å². The van der Waals surface area contributed by atoms with Gasteiger partial charge in [-0.15, -0.1) is 11.6 Å². The number of hydrogen-bond acceptors (Lipinski definition) is 12. The highest BCUT2D eigenvalue weighted by Gasteiger charge is 2.52. The van der Waals surface area contributed by atoms with Crippen molar-refractivity contribution in [1.29, 1.82) is 0 Å². The van der Waals surface area contributed by atoms with Crippen LogP contribution in [0.15, 0.2) is 0 Å². The summed E-state index contributed by atoms with van der Waals surface area (Å²) in [6, 6.07) is -8.63. The Bertz CT molecular complexity index is 2820. The molecule has 24 nitrogen and oxygen atoms in total. The number of carbonyl (C=O) groups is 12. The van der Waals surface area contributed by atoms with E-state index in [2.05, 4.69) is 16.0 Å². The van der Waals surface area contributed by atoms with Crippen LogP contribution in [-0.2, 0) is 57.5 Å². The number of hydrogen-bond donors (Lipinski definition) is 3. The molecule has 3 aliphatic carbocycles. The van der Waals surface area contributed by atoms with Crippen LogP contribution in [0.3, 0.4) is 0 Å². The number of rotatable bonds is 11. The lowest BCUT2D eigenvalue weighted by molar-refractivity contribution is -0.182. The summed E-state index contributed by atoms with van der Waals surface area (Å²) in [6.07, 6.45) is 3.27. The van der Waals surface area contributed by atoms with Gasteiger partial charge < -0.3 is 60.0 Å². The molecule has 0 aromatic rings. The minimum atomic E-state index is -4.51. The summed E-state index contributed by atoms with van der Waals surface area (Å²) in [6.45, 7) is 9.98. The van der Waals surface area contributed by atoms with Crippen LogP contribution in [0.25, 0.3) is 0 Å². The van der Waals surface area contributed by atoms with E-state index in [1.54, 1.807) is 25.7 Å². The van der Waals surface area contributed by atoms with Crippen molar-refractivity contribution in [3.8, 4) is 0 Å². The molecule has 97 heavy (non-hydrogen) atoms. The van der Waals surface area contributed by atoms with E-state index in [9.17, 15) is 51.5 Å². The quantitative estimate of drug-likeness (QED) is 0.226. The Hall–Kier alpha value is -6.28. The molecule has 28 heteroatoms. The van der Waals surface area contributed by atoms with Gasteiger partial charge in [0.05, 0.1) is 32.0 Å². The number of fused-ring (bicyclic) bond motifs is 1. The Morgan fingerprint density at radius 1 is 0.598 bits per heavy atom. The summed E-state index contributed by atoms with van der Waals surface area (Å²) in [7, 11) is 9.90. The third-order valence-electron chi connectivity index (χ3n) is 21.7. The fourth-order valence-electron chi connectivity index (χ4n) is 15.4. The second-order valence-electron chi connectivity index (χ2n) is 29.7. The van der Waals surface area contributed by atoms with Crippen molar-refractivity contribution < 1.29 is 70.7 Å². The van der Waals surface area contributed by atoms with Gasteiger partial charge in [-0.3, -0.25) is 57.5 Å². The van der Waals surface area contributed by atoms with E-state index in [-0.39, 0.29) is 88.5 Å². The number of piperidine rings is 1. The maximum atomic E-state index is 15.4. The number of likely N-dealkylation sites (N-methyl/N-ethyl adjacent to an activating group) is 7. The first-order valence-electron chi connectivity index (χ1n) is 35.5. The van der Waals surface area contributed by atoms with Crippen molar-refractivity contribution >= 4 is 82.5 Å². The highest BCUT2D eigenvalue weighted by Crippen LogP contribution is 2.44. The number of nitrogens with one attached hydrogen (secondary N) is 3. The average Bonchev–Trinajstić information content (AvgIpc) is 1.75. The van der Waals surface area contributed by atoms with Crippen molar-refractivity contribution in [3.63, 3.8) is 0 Å². The van der Waals surface area contributed by atoms with Crippen LogP contribution in [0.2, 0.25) is 0 Å². The van der Waals surface area contributed by atoms with Crippen LogP contribution >= 0.6 is 11.6 Å². The second-order valence-corrected chi connectivity index (χ2v) is 30.3. The van der Waals surface area contributed by atoms with E-state index in [1.165, 1.54) is 73.8 Å². The Morgan fingerprint density at radius 2 is 1.21 bits per heavy atom. The molecule has 548 valence electrons. The van der Waals surface area contributed by atoms with Crippen LogP contribution in [0.1, 0.15) is 183 Å². The topological polar surface area (TPSA) is 270 Å². The van der Waals surface area contributed by atoms with Gasteiger partial charge in [-0.25, -0.2) is 0 Å². The molecule has 6 rings (SSSR count). The summed E-state index contributed by atoms with van der Waals surface area (Å²) < 4.78 is 41.9. The smallest absolute Gasteiger partial charge is 0.343 e. The zero-order valence-corrected chi connectivity index (χ0v) is 60.6. The van der Waals surface area contributed by atoms with Gasteiger partial charge in [0.2, 0.25) is 70.9 Å². The van der Waals surface area contributed by atoms with Crippen molar-refractivity contribution in [2.45, 2.75) is 242 Å². The largest absolute Gasteiger partial charge is 0.393 e. The summed E-state index contributed by atoms with van der Waals surface area (Å²) in [5, 5.41) is 7.53. The molecule has 3 aliphatic heterocycles. The van der Waals surface area contributed by atoms with E-state index in [0.717, 1.165) is 46.8 Å². The molecule has 6 aliphatic rings. The maximum Gasteiger partial charge on any atom is 0.393 e. The second kappa shape index (κ2) is 35.2. The molecular formula is C69H112ClF3N12O12. The number of carbonyl (C=O) groups excluding carboxylic acids is 12. The highest BCUT2D eigenvalue weighted by atomic mass is 35.5. The molecular weight excluding hydrogens is 1280 g/mol. The predicted molar refractivity (Wildman–Crippen MR) is 358 cm³/mol. The minimum Gasteiger partial charge on any atom is -0.343 e. The first-order chi connectivity index (χ1) is 45.5. The van der Waals surface area contributed by atoms with E-state index in [1.807, 2.05) is 20.8 Å². The standard InChI is InChI=1S/C69H112ClF3N12O12/c1-14-44(6)58-65(95)79(9)40-56(88)77(7)41-57(89)81(11)52(37-45-23-16-17-24-45)63(93)78(8)39-54(86)74-49(29-27-46-26-28-47(48(70)36-46)69(71,72)73)62(92)85-34-22-25-50(85)61(91)76-68(30-18-19-31-68)67(97)83(13)59(43(4)5)66(96)82(12)53(64(94)84-32-20-15-21-33-84)38-55(87)80(10)51(35-42(2)3)60(90)75-58/h42-53,58-59H,14-41H2,1-13H3,(H,74,86)(H,75,90)(H,76,91)/t44-,46?,47?,48?,49-,50-,51-,52-,53-,58-,59-/m0/s1. The molecule has 6 fully saturated rings. The first-order valence-corrected chi connectivity index (χ1v) is 36.0. The van der Waals surface area contributed by atoms with Gasteiger partial charge in [-0.1, -0.05) is 86.5 Å². The van der Waals surface area contributed by atoms with Gasteiger partial charge in [0.15, 0.2) is 0 Å². The molecule has 0 radical (unpaired) electrons. The molecule has 0 bridgehead atoms. The van der Waals surface area contributed by atoms with Gasteiger partial charge in [-0.2, -0.15) is 13.2 Å². The Morgan fingerprint density at radius 3 is 1.79 bits per heavy atom. The summed E-state index contributed by atoms with van der Waals surface area (Å²) in [5.74, 6) is -10.9. The monoisotopic (exact) mass is 1390 g/mol. The van der Waals surface area contributed by atoms with Crippen LogP contribution in [0, 0.1) is 35.5 Å². The third kappa shape index (κ3) is 20.2. The zero-order valence-electron chi connectivity index (χ0n) is 59.8. The van der Waals surface area contributed by atoms with Gasteiger partial charge in [0, 0.05) is 74.3 Å². The average molecular weight is 1390 g/mol. The summed E-state index contributed by atoms with van der Waals surface area (Å²) in [5.41, 5.74) is -1.56. The number of likely N-dealkylation sites (tertiary alicyclic amines) is 1. The molecule has 0 aromatic heterocycles. The molecule has 12 amide bonds. The number of nitrogens with zero attached hydrogens (tertiary/aromatic N) is 9. The maximum absolute atomic E-state index is 15.4. The minimum absolute atomic E-state index is 0.000793. The Labute approximate surface area is 577 Å². The van der Waals surface area contributed by atoms with Gasteiger partial charge in [0.25, 0.3) is 0 Å². The van der Waals surface area contributed by atoms with E-state index in [0.29, 0.717) is 51.6 Å². The summed E-state index contributed by atoms with van der Waals surface area (Å²) in [4.78, 5) is 189. The van der Waals surface area contributed by atoms with E-state index >= 15 is 19.2 Å². The van der Waals surface area contributed by atoms with Gasteiger partial charge >= 0.3 is 6.18 Å². The van der Waals surface area contributed by atoms with Crippen molar-refractivity contribution in [2.75, 3.05) is 88.6 Å². The normalized spacial score (nSPS) is 29.5. The fourth-order valence-corrected chi connectivity index (χ4v) is 15.9. The van der Waals surface area contributed by atoms with E-state index < -0.39 is 174 Å². The molecule has 3 saturated carbocycles. The summed E-state index contributed by atoms with van der Waals surface area (Å²) >= 11 is 6.38. The lowest BCUT2D eigenvalue weighted by atomic mass is 9.78. The lowest BCUT2D eigenvalue weighted by Crippen LogP contribution is -2.65. The highest BCUT2D eigenvalue weighted by molar-refractivity contribution is 6.21. The van der Waals surface area contributed by atoms with Crippen LogP contribution in [0.4, 0.5) is 13.2 Å². The zero-order chi connectivity index (χ0) is 72.1.